The van der Waals surface area contributed by atoms with Crippen molar-refractivity contribution >= 4 is 27.8 Å². The molecule has 0 fully saturated rings. The Bertz CT molecular complexity index is 233. The van der Waals surface area contributed by atoms with E-state index in [0.29, 0.717) is 12.8 Å². The summed E-state index contributed by atoms with van der Waals surface area (Å²) in [5.74, 6) is -0.856. The van der Waals surface area contributed by atoms with E-state index >= 15 is 0 Å². The summed E-state index contributed by atoms with van der Waals surface area (Å²) in [5, 5.41) is 12.1. The first-order chi connectivity index (χ1) is 7.54. The second-order valence-electron chi connectivity index (χ2n) is 3.88. The number of hydrogen-bond acceptors (Lipinski definition) is 2. The third-order valence-electron chi connectivity index (χ3n) is 2.43. The minimum Gasteiger partial charge on any atom is -0.480 e. The van der Waals surface area contributed by atoms with Crippen molar-refractivity contribution in [1.29, 1.82) is 0 Å². The molecule has 0 rings (SSSR count). The van der Waals surface area contributed by atoms with Crippen LogP contribution in [-0.4, -0.2) is 28.4 Å². The topological polar surface area (TPSA) is 66.4 Å². The Morgan fingerprint density at radius 3 is 2.38 bits per heavy atom. The van der Waals surface area contributed by atoms with Crippen LogP contribution in [0.1, 0.15) is 39.5 Å². The van der Waals surface area contributed by atoms with E-state index in [0.717, 1.165) is 18.2 Å². The molecule has 0 saturated carbocycles. The number of carboxylic acids is 1. The Hall–Kier alpha value is -0.580. The fraction of sp³-hybridized carbons (Fsp3) is 0.818. The summed E-state index contributed by atoms with van der Waals surface area (Å²) in [6, 6.07) is -0.759. The highest BCUT2D eigenvalue weighted by molar-refractivity contribution is 9.09. The summed E-state index contributed by atoms with van der Waals surface area (Å²) in [5.41, 5.74) is 0. The predicted molar refractivity (Wildman–Crippen MR) is 66.7 cm³/mol. The minimum absolute atomic E-state index is 0.174. The predicted octanol–water partition coefficient (Wildman–Crippen LogP) is 2.17. The Morgan fingerprint density at radius 2 is 2.00 bits per heavy atom. The molecule has 0 heterocycles. The van der Waals surface area contributed by atoms with Gasteiger partial charge in [-0.2, -0.15) is 0 Å². The highest BCUT2D eigenvalue weighted by atomic mass is 79.9. The maximum atomic E-state index is 11.6. The van der Waals surface area contributed by atoms with Gasteiger partial charge < -0.3 is 10.4 Å². The van der Waals surface area contributed by atoms with E-state index in [1.165, 1.54) is 0 Å². The van der Waals surface area contributed by atoms with Crippen LogP contribution in [0.5, 0.6) is 0 Å². The van der Waals surface area contributed by atoms with Crippen molar-refractivity contribution in [2.24, 2.45) is 5.92 Å². The number of carboxylic acid groups (broad SMARTS) is 1. The molecule has 1 amide bonds. The molecule has 94 valence electrons. The van der Waals surface area contributed by atoms with Crippen molar-refractivity contribution < 1.29 is 14.7 Å². The summed E-state index contributed by atoms with van der Waals surface area (Å²) in [7, 11) is 0. The third kappa shape index (κ3) is 6.10. The average Bonchev–Trinajstić information content (AvgIpc) is 2.24. The van der Waals surface area contributed by atoms with Gasteiger partial charge in [0.05, 0.1) is 0 Å². The number of amides is 1. The molecule has 0 aliphatic carbocycles. The highest BCUT2D eigenvalue weighted by Crippen LogP contribution is 2.14. The Balaban J connectivity index is 4.09. The molecule has 0 aromatic heterocycles. The summed E-state index contributed by atoms with van der Waals surface area (Å²) in [6.45, 7) is 3.81. The number of alkyl halides is 1. The van der Waals surface area contributed by atoms with E-state index in [-0.39, 0.29) is 11.8 Å². The van der Waals surface area contributed by atoms with Crippen LogP contribution in [0.2, 0.25) is 0 Å². The maximum absolute atomic E-state index is 11.6. The molecule has 0 aromatic carbocycles. The fourth-order valence-electron chi connectivity index (χ4n) is 1.50. The molecule has 5 heteroatoms. The van der Waals surface area contributed by atoms with Gasteiger partial charge in [0.1, 0.15) is 6.04 Å². The van der Waals surface area contributed by atoms with E-state index in [9.17, 15) is 9.59 Å². The molecule has 0 spiro atoms. The van der Waals surface area contributed by atoms with E-state index in [1.807, 2.05) is 0 Å². The molecule has 2 N–H and O–H groups in total. The molecule has 0 unspecified atom stereocenters. The van der Waals surface area contributed by atoms with E-state index in [1.54, 1.807) is 6.92 Å². The minimum atomic E-state index is -0.971. The number of carbonyl (C=O) groups excluding carboxylic acids is 1. The van der Waals surface area contributed by atoms with Gasteiger partial charge in [-0.3, -0.25) is 4.79 Å². The molecular weight excluding hydrogens is 274 g/mol. The van der Waals surface area contributed by atoms with Crippen LogP contribution in [0, 0.1) is 5.92 Å². The summed E-state index contributed by atoms with van der Waals surface area (Å²) < 4.78 is 0. The van der Waals surface area contributed by atoms with Gasteiger partial charge in [0, 0.05) is 11.8 Å². The SMILES string of the molecule is CCC[C@@H](CBr)CC(=O)N[C@@H](CC)C(=O)O. The van der Waals surface area contributed by atoms with E-state index < -0.39 is 12.0 Å². The number of aliphatic carboxylic acids is 1. The van der Waals surface area contributed by atoms with Gasteiger partial charge >= 0.3 is 5.97 Å². The van der Waals surface area contributed by atoms with Crippen LogP contribution in [0.4, 0.5) is 0 Å². The molecule has 0 aliphatic heterocycles. The standard InChI is InChI=1S/C11H20BrNO3/c1-3-5-8(7-12)6-10(14)13-9(4-2)11(15)16/h8-9H,3-7H2,1-2H3,(H,13,14)(H,15,16)/t8-,9+/m1/s1. The first kappa shape index (κ1) is 15.4. The van der Waals surface area contributed by atoms with Gasteiger partial charge in [0.2, 0.25) is 5.91 Å². The van der Waals surface area contributed by atoms with Crippen molar-refractivity contribution in [1.82, 2.24) is 5.32 Å². The lowest BCUT2D eigenvalue weighted by molar-refractivity contribution is -0.142. The quantitative estimate of drug-likeness (QED) is 0.674. The second-order valence-corrected chi connectivity index (χ2v) is 4.53. The molecule has 2 atom stereocenters. The second kappa shape index (κ2) is 8.56. The zero-order valence-corrected chi connectivity index (χ0v) is 11.4. The lowest BCUT2D eigenvalue weighted by Crippen LogP contribution is -2.40. The lowest BCUT2D eigenvalue weighted by Gasteiger charge is -2.16. The third-order valence-corrected chi connectivity index (χ3v) is 3.35. The molecule has 4 nitrogen and oxygen atoms in total. The summed E-state index contributed by atoms with van der Waals surface area (Å²) in [6.07, 6.45) is 2.80. The number of nitrogens with one attached hydrogen (secondary N) is 1. The van der Waals surface area contributed by atoms with Gasteiger partial charge in [-0.15, -0.1) is 0 Å². The van der Waals surface area contributed by atoms with Crippen molar-refractivity contribution in [3.05, 3.63) is 0 Å². The van der Waals surface area contributed by atoms with Crippen molar-refractivity contribution in [3.63, 3.8) is 0 Å². The largest absolute Gasteiger partial charge is 0.480 e. The molecule has 0 bridgehead atoms. The van der Waals surface area contributed by atoms with Crippen LogP contribution in [0.3, 0.4) is 0 Å². The van der Waals surface area contributed by atoms with Gasteiger partial charge in [0.15, 0.2) is 0 Å². The number of halogens is 1. The average molecular weight is 294 g/mol. The zero-order chi connectivity index (χ0) is 12.6. The first-order valence-electron chi connectivity index (χ1n) is 5.63. The van der Waals surface area contributed by atoms with Gasteiger partial charge in [0.25, 0.3) is 0 Å². The number of rotatable bonds is 8. The molecular formula is C11H20BrNO3. The Labute approximate surface area is 105 Å². The molecule has 0 radical (unpaired) electrons. The van der Waals surface area contributed by atoms with Crippen molar-refractivity contribution in [3.8, 4) is 0 Å². The molecule has 0 saturated heterocycles. The van der Waals surface area contributed by atoms with Crippen LogP contribution < -0.4 is 5.32 Å². The van der Waals surface area contributed by atoms with Crippen LogP contribution in [-0.2, 0) is 9.59 Å². The molecule has 0 aromatic rings. The van der Waals surface area contributed by atoms with Crippen LogP contribution in [0.15, 0.2) is 0 Å². The fourth-order valence-corrected chi connectivity index (χ4v) is 2.05. The van der Waals surface area contributed by atoms with Crippen LogP contribution in [0.25, 0.3) is 0 Å². The molecule has 16 heavy (non-hydrogen) atoms. The maximum Gasteiger partial charge on any atom is 0.326 e. The zero-order valence-electron chi connectivity index (χ0n) is 9.83. The summed E-state index contributed by atoms with van der Waals surface area (Å²) >= 11 is 3.36. The van der Waals surface area contributed by atoms with Crippen LogP contribution >= 0.6 is 15.9 Å². The smallest absolute Gasteiger partial charge is 0.326 e. The highest BCUT2D eigenvalue weighted by Gasteiger charge is 2.19. The summed E-state index contributed by atoms with van der Waals surface area (Å²) in [4.78, 5) is 22.3. The van der Waals surface area contributed by atoms with E-state index in [4.69, 9.17) is 5.11 Å². The van der Waals surface area contributed by atoms with E-state index in [2.05, 4.69) is 28.2 Å². The van der Waals surface area contributed by atoms with Crippen molar-refractivity contribution in [2.45, 2.75) is 45.6 Å². The number of hydrogen-bond donors (Lipinski definition) is 2. The first-order valence-corrected chi connectivity index (χ1v) is 6.75. The Morgan fingerprint density at radius 1 is 1.38 bits per heavy atom. The number of carbonyl (C=O) groups is 2. The lowest BCUT2D eigenvalue weighted by atomic mass is 10.0. The van der Waals surface area contributed by atoms with Gasteiger partial charge in [-0.1, -0.05) is 36.2 Å². The Kier molecular flexibility index (Phi) is 8.25. The van der Waals surface area contributed by atoms with Gasteiger partial charge in [-0.25, -0.2) is 4.79 Å². The molecule has 0 aliphatic rings. The normalized spacial score (nSPS) is 14.2. The van der Waals surface area contributed by atoms with Gasteiger partial charge in [-0.05, 0) is 18.8 Å². The monoisotopic (exact) mass is 293 g/mol. The van der Waals surface area contributed by atoms with Crippen molar-refractivity contribution in [2.75, 3.05) is 5.33 Å².